The highest BCUT2D eigenvalue weighted by molar-refractivity contribution is 5.20. The average Bonchev–Trinajstić information content (AvgIpc) is 2.04. The molecule has 0 N–H and O–H groups in total. The van der Waals surface area contributed by atoms with E-state index in [-0.39, 0.29) is 5.95 Å². The molecule has 0 unspecified atom stereocenters. The van der Waals surface area contributed by atoms with Crippen molar-refractivity contribution < 1.29 is 4.39 Å². The van der Waals surface area contributed by atoms with E-state index in [1.165, 1.54) is 6.20 Å². The predicted molar refractivity (Wildman–Crippen MR) is 45.0 cm³/mol. The molecule has 0 saturated carbocycles. The van der Waals surface area contributed by atoms with Crippen molar-refractivity contribution in [2.75, 3.05) is 0 Å². The molecular weight excluding hydrogens is 141 g/mol. The van der Waals surface area contributed by atoms with Crippen molar-refractivity contribution in [2.45, 2.75) is 27.7 Å². The molecular formula is C9H14FN. The molecule has 0 aliphatic rings. The number of nitrogens with zero attached hydrogens (tertiary/aromatic N) is 1. The van der Waals surface area contributed by atoms with Gasteiger partial charge in [0.05, 0.1) is 0 Å². The van der Waals surface area contributed by atoms with E-state index in [1.54, 1.807) is 13.0 Å². The van der Waals surface area contributed by atoms with Crippen molar-refractivity contribution in [1.29, 1.82) is 0 Å². The number of aryl methyl sites for hydroxylation is 1. The smallest absolute Gasteiger partial charge is 0.215 e. The average molecular weight is 155 g/mol. The van der Waals surface area contributed by atoms with Gasteiger partial charge in [-0.25, -0.2) is 4.98 Å². The Kier molecular flexibility index (Phi) is 4.42. The summed E-state index contributed by atoms with van der Waals surface area (Å²) >= 11 is 0. The summed E-state index contributed by atoms with van der Waals surface area (Å²) < 4.78 is 12.5. The molecule has 0 amide bonds. The summed E-state index contributed by atoms with van der Waals surface area (Å²) in [4.78, 5) is 3.47. The molecule has 0 radical (unpaired) electrons. The van der Waals surface area contributed by atoms with Crippen LogP contribution in [-0.2, 0) is 0 Å². The zero-order valence-corrected chi connectivity index (χ0v) is 7.48. The minimum atomic E-state index is -0.366. The highest BCUT2D eigenvalue weighted by Crippen LogP contribution is 2.06. The fourth-order valence-corrected chi connectivity index (χ4v) is 0.599. The normalized spacial score (nSPS) is 8.45. The van der Waals surface area contributed by atoms with Crippen molar-refractivity contribution in [3.05, 3.63) is 29.3 Å². The van der Waals surface area contributed by atoms with E-state index in [0.29, 0.717) is 5.56 Å². The molecule has 1 rings (SSSR count). The Morgan fingerprint density at radius 2 is 1.82 bits per heavy atom. The first-order valence-electron chi connectivity index (χ1n) is 3.79. The van der Waals surface area contributed by atoms with Crippen molar-refractivity contribution in [1.82, 2.24) is 4.98 Å². The molecule has 0 aliphatic heterocycles. The highest BCUT2D eigenvalue weighted by atomic mass is 19.1. The van der Waals surface area contributed by atoms with Gasteiger partial charge in [0.2, 0.25) is 5.95 Å². The van der Waals surface area contributed by atoms with Crippen LogP contribution in [0.15, 0.2) is 12.3 Å². The molecule has 62 valence electrons. The first-order chi connectivity index (χ1) is 5.22. The molecule has 0 atom stereocenters. The molecule has 2 heteroatoms. The molecule has 0 saturated heterocycles. The lowest BCUT2D eigenvalue weighted by molar-refractivity contribution is 0.572. The molecule has 0 bridgehead atoms. The third kappa shape index (κ3) is 2.66. The second kappa shape index (κ2) is 4.83. The molecule has 0 aliphatic carbocycles. The van der Waals surface area contributed by atoms with Crippen LogP contribution in [0.2, 0.25) is 0 Å². The zero-order chi connectivity index (χ0) is 8.85. The second-order valence-corrected chi connectivity index (χ2v) is 2.04. The van der Waals surface area contributed by atoms with Crippen molar-refractivity contribution in [2.24, 2.45) is 0 Å². The van der Waals surface area contributed by atoms with Crippen molar-refractivity contribution >= 4 is 0 Å². The Balaban J connectivity index is 0.000000461. The summed E-state index contributed by atoms with van der Waals surface area (Å²) in [5, 5.41) is 0. The van der Waals surface area contributed by atoms with E-state index in [4.69, 9.17) is 0 Å². The maximum atomic E-state index is 12.5. The maximum absolute atomic E-state index is 12.5. The Morgan fingerprint density at radius 3 is 2.18 bits per heavy atom. The SMILES string of the molecule is CC.Cc1ccnc(F)c1C. The molecule has 0 spiro atoms. The van der Waals surface area contributed by atoms with Crippen LogP contribution < -0.4 is 0 Å². The van der Waals surface area contributed by atoms with Gasteiger partial charge in [0.1, 0.15) is 0 Å². The maximum Gasteiger partial charge on any atom is 0.215 e. The predicted octanol–water partition coefficient (Wildman–Crippen LogP) is 2.86. The van der Waals surface area contributed by atoms with Crippen LogP contribution in [0.3, 0.4) is 0 Å². The van der Waals surface area contributed by atoms with Gasteiger partial charge in [-0.3, -0.25) is 0 Å². The molecule has 0 fully saturated rings. The van der Waals surface area contributed by atoms with Gasteiger partial charge in [0.15, 0.2) is 0 Å². The molecule has 11 heavy (non-hydrogen) atoms. The van der Waals surface area contributed by atoms with Gasteiger partial charge < -0.3 is 0 Å². The van der Waals surface area contributed by atoms with Crippen LogP contribution in [0.1, 0.15) is 25.0 Å². The lowest BCUT2D eigenvalue weighted by Crippen LogP contribution is -1.89. The lowest BCUT2D eigenvalue weighted by atomic mass is 10.2. The van der Waals surface area contributed by atoms with Crippen molar-refractivity contribution in [3.63, 3.8) is 0 Å². The molecule has 1 aromatic heterocycles. The monoisotopic (exact) mass is 155 g/mol. The summed E-state index contributed by atoms with van der Waals surface area (Å²) in [6.45, 7) is 7.58. The molecule has 1 nitrogen and oxygen atoms in total. The fourth-order valence-electron chi connectivity index (χ4n) is 0.599. The first kappa shape index (κ1) is 10.1. The Morgan fingerprint density at radius 1 is 1.27 bits per heavy atom. The van der Waals surface area contributed by atoms with Crippen LogP contribution in [0.4, 0.5) is 4.39 Å². The number of hydrogen-bond donors (Lipinski definition) is 0. The van der Waals surface area contributed by atoms with Crippen LogP contribution in [0.5, 0.6) is 0 Å². The number of pyridine rings is 1. The highest BCUT2D eigenvalue weighted by Gasteiger charge is 1.97. The van der Waals surface area contributed by atoms with E-state index in [1.807, 2.05) is 20.8 Å². The standard InChI is InChI=1S/C7H8FN.C2H6/c1-5-3-4-9-7(8)6(5)2;1-2/h3-4H,1-2H3;1-2H3. The van der Waals surface area contributed by atoms with Crippen molar-refractivity contribution in [3.8, 4) is 0 Å². The number of aromatic nitrogens is 1. The quantitative estimate of drug-likeness (QED) is 0.525. The topological polar surface area (TPSA) is 12.9 Å². The van der Waals surface area contributed by atoms with Crippen LogP contribution >= 0.6 is 0 Å². The van der Waals surface area contributed by atoms with Gasteiger partial charge in [0, 0.05) is 11.8 Å². The molecule has 1 aromatic rings. The first-order valence-corrected chi connectivity index (χ1v) is 3.79. The third-order valence-electron chi connectivity index (χ3n) is 1.41. The Labute approximate surface area is 67.3 Å². The number of rotatable bonds is 0. The zero-order valence-electron chi connectivity index (χ0n) is 7.48. The molecule has 1 heterocycles. The van der Waals surface area contributed by atoms with Crippen LogP contribution in [0, 0.1) is 19.8 Å². The van der Waals surface area contributed by atoms with E-state index < -0.39 is 0 Å². The summed E-state index contributed by atoms with van der Waals surface area (Å²) in [7, 11) is 0. The van der Waals surface area contributed by atoms with Gasteiger partial charge in [0.25, 0.3) is 0 Å². The summed E-state index contributed by atoms with van der Waals surface area (Å²) in [6.07, 6.45) is 1.47. The largest absolute Gasteiger partial charge is 0.228 e. The van der Waals surface area contributed by atoms with E-state index in [9.17, 15) is 4.39 Å². The van der Waals surface area contributed by atoms with E-state index in [0.717, 1.165) is 5.56 Å². The molecule has 0 aromatic carbocycles. The van der Waals surface area contributed by atoms with Crippen LogP contribution in [0.25, 0.3) is 0 Å². The Hall–Kier alpha value is -0.920. The minimum Gasteiger partial charge on any atom is -0.228 e. The summed E-state index contributed by atoms with van der Waals surface area (Å²) in [5.74, 6) is -0.366. The van der Waals surface area contributed by atoms with Gasteiger partial charge in [-0.15, -0.1) is 0 Å². The summed E-state index contributed by atoms with van der Waals surface area (Å²) in [5.41, 5.74) is 1.58. The third-order valence-corrected chi connectivity index (χ3v) is 1.41. The van der Waals surface area contributed by atoms with E-state index >= 15 is 0 Å². The second-order valence-electron chi connectivity index (χ2n) is 2.04. The minimum absolute atomic E-state index is 0.366. The van der Waals surface area contributed by atoms with E-state index in [2.05, 4.69) is 4.98 Å². The fraction of sp³-hybridized carbons (Fsp3) is 0.444. The van der Waals surface area contributed by atoms with Gasteiger partial charge in [-0.05, 0) is 25.5 Å². The van der Waals surface area contributed by atoms with Crippen LogP contribution in [-0.4, -0.2) is 4.98 Å². The Bertz CT molecular complexity index is 201. The van der Waals surface area contributed by atoms with Gasteiger partial charge in [-0.2, -0.15) is 4.39 Å². The van der Waals surface area contributed by atoms with Gasteiger partial charge >= 0.3 is 0 Å². The number of halogens is 1. The lowest BCUT2D eigenvalue weighted by Gasteiger charge is -1.96. The number of hydrogen-bond acceptors (Lipinski definition) is 1. The van der Waals surface area contributed by atoms with Gasteiger partial charge in [-0.1, -0.05) is 13.8 Å². The summed E-state index contributed by atoms with van der Waals surface area (Å²) in [6, 6.07) is 1.79.